The first kappa shape index (κ1) is 10.5. The van der Waals surface area contributed by atoms with E-state index in [0.717, 1.165) is 32.1 Å². The van der Waals surface area contributed by atoms with Crippen molar-refractivity contribution in [3.63, 3.8) is 0 Å². The maximum absolute atomic E-state index is 9.34. The molecule has 0 fully saturated rings. The van der Waals surface area contributed by atoms with Gasteiger partial charge >= 0.3 is 0 Å². The molecule has 0 spiro atoms. The van der Waals surface area contributed by atoms with Gasteiger partial charge in [0, 0.05) is 6.42 Å². The summed E-state index contributed by atoms with van der Waals surface area (Å²) in [5.74, 6) is 5.76. The summed E-state index contributed by atoms with van der Waals surface area (Å²) in [7, 11) is 0. The van der Waals surface area contributed by atoms with Gasteiger partial charge in [-0.15, -0.1) is 11.8 Å². The minimum atomic E-state index is -0.129. The van der Waals surface area contributed by atoms with Crippen LogP contribution < -0.4 is 0 Å². The first-order chi connectivity index (χ1) is 5.31. The minimum Gasteiger partial charge on any atom is -0.393 e. The van der Waals surface area contributed by atoms with E-state index in [1.54, 1.807) is 0 Å². The second-order valence-electron chi connectivity index (χ2n) is 2.76. The van der Waals surface area contributed by atoms with E-state index in [2.05, 4.69) is 18.8 Å². The fourth-order valence-electron chi connectivity index (χ4n) is 0.948. The molecule has 0 aliphatic rings. The zero-order valence-corrected chi connectivity index (χ0v) is 7.56. The van der Waals surface area contributed by atoms with E-state index in [-0.39, 0.29) is 6.10 Å². The number of rotatable bonds is 5. The molecule has 0 aromatic carbocycles. The van der Waals surface area contributed by atoms with E-state index in [1.165, 1.54) is 0 Å². The Morgan fingerprint density at radius 1 is 1.36 bits per heavy atom. The predicted octanol–water partition coefficient (Wildman–Crippen LogP) is 2.34. The van der Waals surface area contributed by atoms with Gasteiger partial charge in [0.15, 0.2) is 0 Å². The molecule has 0 amide bonds. The van der Waals surface area contributed by atoms with Gasteiger partial charge in [-0.1, -0.05) is 19.8 Å². The molecule has 1 unspecified atom stereocenters. The second kappa shape index (κ2) is 7.63. The lowest BCUT2D eigenvalue weighted by molar-refractivity contribution is 0.153. The van der Waals surface area contributed by atoms with Crippen LogP contribution in [0.25, 0.3) is 0 Å². The molecular formula is C10H18O. The van der Waals surface area contributed by atoms with Crippen LogP contribution in [0.3, 0.4) is 0 Å². The smallest absolute Gasteiger partial charge is 0.0549 e. The van der Waals surface area contributed by atoms with E-state index in [0.29, 0.717) is 0 Å². The largest absolute Gasteiger partial charge is 0.393 e. The van der Waals surface area contributed by atoms with Crippen LogP contribution in [-0.2, 0) is 0 Å². The standard InChI is InChI=1S/C10H18O/c1-3-5-7-9-10(11)8-6-4-2/h10-11H,4,6-9H2,1-2H3. The maximum atomic E-state index is 9.34. The Kier molecular flexibility index (Phi) is 7.29. The molecule has 0 bridgehead atoms. The highest BCUT2D eigenvalue weighted by molar-refractivity contribution is 4.94. The van der Waals surface area contributed by atoms with Gasteiger partial charge in [0.2, 0.25) is 0 Å². The highest BCUT2D eigenvalue weighted by Gasteiger charge is 2.00. The Balaban J connectivity index is 3.19. The van der Waals surface area contributed by atoms with Crippen LogP contribution >= 0.6 is 0 Å². The Labute approximate surface area is 69.8 Å². The topological polar surface area (TPSA) is 20.2 Å². The van der Waals surface area contributed by atoms with E-state index >= 15 is 0 Å². The Morgan fingerprint density at radius 3 is 2.64 bits per heavy atom. The highest BCUT2D eigenvalue weighted by atomic mass is 16.3. The van der Waals surface area contributed by atoms with Gasteiger partial charge in [-0.05, 0) is 19.8 Å². The fourth-order valence-corrected chi connectivity index (χ4v) is 0.948. The summed E-state index contributed by atoms with van der Waals surface area (Å²) < 4.78 is 0. The second-order valence-corrected chi connectivity index (χ2v) is 2.76. The minimum absolute atomic E-state index is 0.129. The Morgan fingerprint density at radius 2 is 2.09 bits per heavy atom. The zero-order valence-electron chi connectivity index (χ0n) is 7.56. The lowest BCUT2D eigenvalue weighted by Crippen LogP contribution is -2.04. The van der Waals surface area contributed by atoms with Crippen molar-refractivity contribution in [1.82, 2.24) is 0 Å². The molecule has 1 N–H and O–H groups in total. The van der Waals surface area contributed by atoms with Gasteiger partial charge in [-0.2, -0.15) is 0 Å². The van der Waals surface area contributed by atoms with Crippen molar-refractivity contribution in [3.8, 4) is 11.8 Å². The molecule has 11 heavy (non-hydrogen) atoms. The molecule has 0 aromatic heterocycles. The number of unbranched alkanes of at least 4 members (excludes halogenated alkanes) is 1. The summed E-state index contributed by atoms with van der Waals surface area (Å²) in [6.07, 6.45) is 4.76. The lowest BCUT2D eigenvalue weighted by Gasteiger charge is -2.06. The molecule has 0 aliphatic carbocycles. The number of hydrogen-bond donors (Lipinski definition) is 1. The summed E-state index contributed by atoms with van der Waals surface area (Å²) in [5, 5.41) is 9.34. The van der Waals surface area contributed by atoms with Crippen LogP contribution in [-0.4, -0.2) is 11.2 Å². The van der Waals surface area contributed by atoms with Crippen molar-refractivity contribution < 1.29 is 5.11 Å². The summed E-state index contributed by atoms with van der Waals surface area (Å²) >= 11 is 0. The van der Waals surface area contributed by atoms with E-state index < -0.39 is 0 Å². The van der Waals surface area contributed by atoms with Crippen LogP contribution in [0.15, 0.2) is 0 Å². The predicted molar refractivity (Wildman–Crippen MR) is 48.2 cm³/mol. The summed E-state index contributed by atoms with van der Waals surface area (Å²) in [6.45, 7) is 3.97. The first-order valence-corrected chi connectivity index (χ1v) is 4.39. The molecule has 0 radical (unpaired) electrons. The van der Waals surface area contributed by atoms with E-state index in [1.807, 2.05) is 6.92 Å². The average Bonchev–Trinajstić information content (AvgIpc) is 2.01. The van der Waals surface area contributed by atoms with E-state index in [9.17, 15) is 5.11 Å². The van der Waals surface area contributed by atoms with Crippen LogP contribution in [0, 0.1) is 11.8 Å². The third-order valence-corrected chi connectivity index (χ3v) is 1.67. The van der Waals surface area contributed by atoms with Crippen molar-refractivity contribution in [1.29, 1.82) is 0 Å². The first-order valence-electron chi connectivity index (χ1n) is 4.39. The number of hydrogen-bond acceptors (Lipinski definition) is 1. The molecule has 64 valence electrons. The summed E-state index contributed by atoms with van der Waals surface area (Å²) in [4.78, 5) is 0. The van der Waals surface area contributed by atoms with Gasteiger partial charge < -0.3 is 5.11 Å². The average molecular weight is 154 g/mol. The van der Waals surface area contributed by atoms with Gasteiger partial charge in [0.25, 0.3) is 0 Å². The molecule has 0 aliphatic heterocycles. The van der Waals surface area contributed by atoms with Crippen LogP contribution in [0.2, 0.25) is 0 Å². The van der Waals surface area contributed by atoms with Crippen LogP contribution in [0.1, 0.15) is 46.0 Å². The lowest BCUT2D eigenvalue weighted by atomic mass is 10.1. The van der Waals surface area contributed by atoms with Gasteiger partial charge in [-0.25, -0.2) is 0 Å². The molecule has 0 rings (SSSR count). The third kappa shape index (κ3) is 7.42. The van der Waals surface area contributed by atoms with Gasteiger partial charge in [0.1, 0.15) is 0 Å². The SMILES string of the molecule is CC#CCCC(O)CCCC. The normalized spacial score (nSPS) is 11.9. The van der Waals surface area contributed by atoms with Crippen molar-refractivity contribution >= 4 is 0 Å². The highest BCUT2D eigenvalue weighted by Crippen LogP contribution is 2.05. The van der Waals surface area contributed by atoms with Crippen molar-refractivity contribution in [3.05, 3.63) is 0 Å². The Bertz CT molecular complexity index is 130. The molecule has 1 nitrogen and oxygen atoms in total. The quantitative estimate of drug-likeness (QED) is 0.603. The molecule has 0 saturated heterocycles. The molecule has 0 aromatic rings. The Hall–Kier alpha value is -0.480. The van der Waals surface area contributed by atoms with Crippen molar-refractivity contribution in [2.75, 3.05) is 0 Å². The monoisotopic (exact) mass is 154 g/mol. The van der Waals surface area contributed by atoms with E-state index in [4.69, 9.17) is 0 Å². The molecule has 1 heteroatoms. The molecule has 0 saturated carbocycles. The maximum Gasteiger partial charge on any atom is 0.0549 e. The third-order valence-electron chi connectivity index (χ3n) is 1.67. The van der Waals surface area contributed by atoms with Crippen LogP contribution in [0.5, 0.6) is 0 Å². The molecule has 1 atom stereocenters. The van der Waals surface area contributed by atoms with Gasteiger partial charge in [-0.3, -0.25) is 0 Å². The van der Waals surface area contributed by atoms with Crippen molar-refractivity contribution in [2.45, 2.75) is 52.1 Å². The zero-order chi connectivity index (χ0) is 8.53. The molecule has 0 heterocycles. The van der Waals surface area contributed by atoms with Gasteiger partial charge in [0.05, 0.1) is 6.10 Å². The number of aliphatic hydroxyl groups excluding tert-OH is 1. The molecular weight excluding hydrogens is 136 g/mol. The summed E-state index contributed by atoms with van der Waals surface area (Å²) in [5.41, 5.74) is 0. The van der Waals surface area contributed by atoms with Crippen LogP contribution in [0.4, 0.5) is 0 Å². The number of aliphatic hydroxyl groups is 1. The fraction of sp³-hybridized carbons (Fsp3) is 0.800. The van der Waals surface area contributed by atoms with Crippen molar-refractivity contribution in [2.24, 2.45) is 0 Å². The summed E-state index contributed by atoms with van der Waals surface area (Å²) in [6, 6.07) is 0.